The lowest BCUT2D eigenvalue weighted by Crippen LogP contribution is -2.15. The zero-order valence-electron chi connectivity index (χ0n) is 25.5. The first-order chi connectivity index (χ1) is 22.6. The van der Waals surface area contributed by atoms with E-state index in [1.807, 2.05) is 60.7 Å². The second kappa shape index (κ2) is 10.0. The molecule has 1 aliphatic rings. The van der Waals surface area contributed by atoms with Crippen LogP contribution in [0.2, 0.25) is 0 Å². The highest BCUT2D eigenvalue weighted by atomic mass is 15.0. The number of aromatic nitrogens is 5. The number of para-hydroxylation sites is 1. The van der Waals surface area contributed by atoms with Crippen molar-refractivity contribution in [2.24, 2.45) is 0 Å². The molecule has 0 amide bonds. The summed E-state index contributed by atoms with van der Waals surface area (Å²) in [6.45, 7) is 4.60. The van der Waals surface area contributed by atoms with Gasteiger partial charge < -0.3 is 4.57 Å². The Morgan fingerprint density at radius 2 is 1.13 bits per heavy atom. The van der Waals surface area contributed by atoms with Crippen molar-refractivity contribution in [3.05, 3.63) is 151 Å². The van der Waals surface area contributed by atoms with E-state index in [2.05, 4.69) is 97.4 Å². The van der Waals surface area contributed by atoms with Gasteiger partial charge in [0.25, 0.3) is 0 Å². The molecule has 0 saturated heterocycles. The number of pyridine rings is 1. The lowest BCUT2D eigenvalue weighted by atomic mass is 9.83. The van der Waals surface area contributed by atoms with E-state index in [0.717, 1.165) is 44.3 Å². The number of fused-ring (bicyclic) bond motifs is 7. The molecule has 46 heavy (non-hydrogen) atoms. The molecule has 0 bridgehead atoms. The maximum absolute atomic E-state index is 5.12. The first-order valence-corrected chi connectivity index (χ1v) is 15.6. The van der Waals surface area contributed by atoms with Gasteiger partial charge in [-0.1, -0.05) is 129 Å². The van der Waals surface area contributed by atoms with Crippen molar-refractivity contribution >= 4 is 21.9 Å². The van der Waals surface area contributed by atoms with Gasteiger partial charge in [0.05, 0.1) is 16.6 Å². The first-order valence-electron chi connectivity index (χ1n) is 15.6. The second-order valence-electron chi connectivity index (χ2n) is 12.4. The Labute approximate surface area is 266 Å². The molecule has 0 spiro atoms. The third-order valence-electron chi connectivity index (χ3n) is 9.28. The topological polar surface area (TPSA) is 56.5 Å². The Bertz CT molecular complexity index is 2380. The van der Waals surface area contributed by atoms with Gasteiger partial charge in [-0.05, 0) is 34.9 Å². The lowest BCUT2D eigenvalue weighted by molar-refractivity contribution is 0.658. The first kappa shape index (κ1) is 26.5. The van der Waals surface area contributed by atoms with Crippen LogP contribution in [0.15, 0.2) is 140 Å². The van der Waals surface area contributed by atoms with Crippen molar-refractivity contribution in [2.45, 2.75) is 19.3 Å². The average molecular weight is 592 g/mol. The fourth-order valence-corrected chi connectivity index (χ4v) is 7.03. The SMILES string of the molecule is CC1(C)c2ccccc2-c2c1cnc1c3ccccc3n(-c3cccc(-c4nc(-c5ccccc5)nc(-c5ccccc5)n4)c3)c21. The summed E-state index contributed by atoms with van der Waals surface area (Å²) in [4.78, 5) is 20.0. The molecule has 0 saturated carbocycles. The van der Waals surface area contributed by atoms with Crippen LogP contribution in [0.1, 0.15) is 25.0 Å². The molecular weight excluding hydrogens is 562 g/mol. The lowest BCUT2D eigenvalue weighted by Gasteiger charge is -2.20. The van der Waals surface area contributed by atoms with Crippen LogP contribution < -0.4 is 0 Å². The minimum atomic E-state index is -0.150. The van der Waals surface area contributed by atoms with Crippen LogP contribution in [0, 0.1) is 0 Å². The molecule has 0 unspecified atom stereocenters. The highest BCUT2D eigenvalue weighted by Crippen LogP contribution is 2.52. The number of hydrogen-bond acceptors (Lipinski definition) is 4. The highest BCUT2D eigenvalue weighted by molar-refractivity contribution is 6.13. The summed E-state index contributed by atoms with van der Waals surface area (Å²) in [6.07, 6.45) is 2.09. The zero-order chi connectivity index (χ0) is 30.8. The van der Waals surface area contributed by atoms with E-state index in [1.165, 1.54) is 22.3 Å². The van der Waals surface area contributed by atoms with Gasteiger partial charge in [0.1, 0.15) is 0 Å². The van der Waals surface area contributed by atoms with Gasteiger partial charge in [0, 0.05) is 44.9 Å². The molecule has 0 atom stereocenters. The summed E-state index contributed by atoms with van der Waals surface area (Å²) in [7, 11) is 0. The van der Waals surface area contributed by atoms with Crippen molar-refractivity contribution < 1.29 is 0 Å². The van der Waals surface area contributed by atoms with Crippen LogP contribution in [0.5, 0.6) is 0 Å². The molecule has 3 heterocycles. The predicted molar refractivity (Wildman–Crippen MR) is 186 cm³/mol. The van der Waals surface area contributed by atoms with Gasteiger partial charge in [-0.25, -0.2) is 15.0 Å². The Morgan fingerprint density at radius 3 is 1.85 bits per heavy atom. The monoisotopic (exact) mass is 591 g/mol. The highest BCUT2D eigenvalue weighted by Gasteiger charge is 2.38. The summed E-state index contributed by atoms with van der Waals surface area (Å²) in [5.41, 5.74) is 12.0. The minimum Gasteiger partial charge on any atom is -0.307 e. The van der Waals surface area contributed by atoms with Crippen LogP contribution in [0.4, 0.5) is 0 Å². The van der Waals surface area contributed by atoms with E-state index in [1.54, 1.807) is 0 Å². The molecule has 1 aliphatic carbocycles. The van der Waals surface area contributed by atoms with Crippen LogP contribution in [-0.2, 0) is 5.41 Å². The summed E-state index contributed by atoms with van der Waals surface area (Å²) in [5.74, 6) is 1.92. The molecule has 5 aromatic carbocycles. The van der Waals surface area contributed by atoms with Crippen molar-refractivity contribution in [3.8, 4) is 51.0 Å². The maximum Gasteiger partial charge on any atom is 0.164 e. The Morgan fingerprint density at radius 1 is 0.543 bits per heavy atom. The Hall–Kier alpha value is -5.94. The summed E-state index contributed by atoms with van der Waals surface area (Å²) < 4.78 is 2.37. The van der Waals surface area contributed by atoms with Crippen molar-refractivity contribution in [3.63, 3.8) is 0 Å². The van der Waals surface area contributed by atoms with E-state index >= 15 is 0 Å². The van der Waals surface area contributed by atoms with E-state index in [9.17, 15) is 0 Å². The second-order valence-corrected chi connectivity index (χ2v) is 12.4. The van der Waals surface area contributed by atoms with Gasteiger partial charge in [-0.2, -0.15) is 0 Å². The van der Waals surface area contributed by atoms with Gasteiger partial charge in [-0.15, -0.1) is 0 Å². The van der Waals surface area contributed by atoms with Gasteiger partial charge in [-0.3, -0.25) is 4.98 Å². The van der Waals surface area contributed by atoms with Crippen LogP contribution in [0.25, 0.3) is 72.9 Å². The summed E-state index contributed by atoms with van der Waals surface area (Å²) >= 11 is 0. The number of hydrogen-bond donors (Lipinski definition) is 0. The fourth-order valence-electron chi connectivity index (χ4n) is 7.03. The predicted octanol–water partition coefficient (Wildman–Crippen LogP) is 9.67. The van der Waals surface area contributed by atoms with Gasteiger partial charge >= 0.3 is 0 Å². The van der Waals surface area contributed by atoms with Gasteiger partial charge in [0.2, 0.25) is 0 Å². The van der Waals surface area contributed by atoms with Crippen LogP contribution in [0.3, 0.4) is 0 Å². The molecule has 0 radical (unpaired) electrons. The van der Waals surface area contributed by atoms with Crippen molar-refractivity contribution in [2.75, 3.05) is 0 Å². The summed E-state index contributed by atoms with van der Waals surface area (Å²) in [5, 5.41) is 1.13. The van der Waals surface area contributed by atoms with Crippen LogP contribution in [-0.4, -0.2) is 24.5 Å². The quantitative estimate of drug-likeness (QED) is 0.204. The normalized spacial score (nSPS) is 13.2. The van der Waals surface area contributed by atoms with Crippen LogP contribution >= 0.6 is 0 Å². The standard InChI is InChI=1S/C41H29N5/c1-41(2)32-22-11-9-20-30(32)35-33(41)25-42-36-31-21-10-12-23-34(31)46(37(35)36)29-19-13-18-28(24-29)40-44-38(26-14-5-3-6-15-26)43-39(45-40)27-16-7-4-8-17-27/h3-25H,1-2H3. The fraction of sp³-hybridized carbons (Fsp3) is 0.0732. The Balaban J connectivity index is 1.30. The van der Waals surface area contributed by atoms with E-state index in [4.69, 9.17) is 19.9 Å². The molecule has 0 aliphatic heterocycles. The third-order valence-corrected chi connectivity index (χ3v) is 9.28. The van der Waals surface area contributed by atoms with E-state index < -0.39 is 0 Å². The van der Waals surface area contributed by atoms with Gasteiger partial charge in [0.15, 0.2) is 17.5 Å². The molecular formula is C41H29N5. The molecule has 0 fully saturated rings. The molecule has 5 heteroatoms. The Kier molecular flexibility index (Phi) is 5.78. The van der Waals surface area contributed by atoms with E-state index in [0.29, 0.717) is 17.5 Å². The number of rotatable bonds is 4. The minimum absolute atomic E-state index is 0.150. The molecule has 9 rings (SSSR count). The average Bonchev–Trinajstić information content (AvgIpc) is 3.58. The third kappa shape index (κ3) is 3.95. The molecule has 5 nitrogen and oxygen atoms in total. The number of benzene rings is 5. The smallest absolute Gasteiger partial charge is 0.164 e. The van der Waals surface area contributed by atoms with Crippen molar-refractivity contribution in [1.82, 2.24) is 24.5 Å². The molecule has 218 valence electrons. The van der Waals surface area contributed by atoms with E-state index in [-0.39, 0.29) is 5.41 Å². The molecule has 8 aromatic rings. The zero-order valence-corrected chi connectivity index (χ0v) is 25.5. The molecule has 3 aromatic heterocycles. The van der Waals surface area contributed by atoms with Crippen molar-refractivity contribution in [1.29, 1.82) is 0 Å². The molecule has 0 N–H and O–H groups in total. The summed E-state index contributed by atoms with van der Waals surface area (Å²) in [6, 6.07) is 46.1. The maximum atomic E-state index is 5.12. The largest absolute Gasteiger partial charge is 0.307 e. The number of nitrogens with zero attached hydrogens (tertiary/aromatic N) is 5.